The number of primary sulfonamides is 1. The molecule has 0 amide bonds. The fourth-order valence-corrected chi connectivity index (χ4v) is 2.42. The lowest BCUT2D eigenvalue weighted by Gasteiger charge is -2.03. The summed E-state index contributed by atoms with van der Waals surface area (Å²) in [5, 5.41) is 5.51. The summed E-state index contributed by atoms with van der Waals surface area (Å²) in [6.45, 7) is 0. The second kappa shape index (κ2) is 6.26. The van der Waals surface area contributed by atoms with Crippen LogP contribution in [0, 0.1) is 0 Å². The molecule has 110 valence electrons. The molecule has 0 radical (unpaired) electrons. The van der Waals surface area contributed by atoms with Gasteiger partial charge in [0.2, 0.25) is 10.0 Å². The summed E-state index contributed by atoms with van der Waals surface area (Å²) in [6, 6.07) is 11.2. The molecule has 0 saturated carbocycles. The maximum absolute atomic E-state index is 11.1. The van der Waals surface area contributed by atoms with E-state index in [4.69, 9.17) is 21.5 Å². The van der Waals surface area contributed by atoms with Gasteiger partial charge in [-0.15, -0.1) is 0 Å². The summed E-state index contributed by atoms with van der Waals surface area (Å²) >= 11 is 6.01. The van der Waals surface area contributed by atoms with Crippen molar-refractivity contribution in [3.63, 3.8) is 0 Å². The minimum absolute atomic E-state index is 0.0499. The van der Waals surface area contributed by atoms with Crippen LogP contribution < -0.4 is 9.88 Å². The average Bonchev–Trinajstić information content (AvgIpc) is 2.45. The molecule has 0 aromatic heterocycles. The summed E-state index contributed by atoms with van der Waals surface area (Å²) in [7, 11) is -2.14. The highest BCUT2D eigenvalue weighted by molar-refractivity contribution is 7.89. The molecule has 0 saturated heterocycles. The van der Waals surface area contributed by atoms with Crippen LogP contribution >= 0.6 is 11.6 Å². The summed E-state index contributed by atoms with van der Waals surface area (Å²) in [5.41, 5.74) is 1.41. The van der Waals surface area contributed by atoms with Crippen molar-refractivity contribution in [1.29, 1.82) is 0 Å². The van der Waals surface area contributed by atoms with Crippen LogP contribution in [0.4, 0.5) is 5.69 Å². The molecule has 2 aromatic rings. The van der Waals surface area contributed by atoms with Crippen LogP contribution in [0.2, 0.25) is 5.02 Å². The molecule has 5 nitrogen and oxygen atoms in total. The van der Waals surface area contributed by atoms with Gasteiger partial charge >= 0.3 is 0 Å². The fourth-order valence-electron chi connectivity index (χ4n) is 1.63. The van der Waals surface area contributed by atoms with Crippen molar-refractivity contribution < 1.29 is 13.2 Å². The largest absolute Gasteiger partial charge is 0.495 e. The predicted octanol–water partition coefficient (Wildman–Crippen LogP) is 2.75. The Morgan fingerprint density at radius 2 is 1.86 bits per heavy atom. The molecule has 2 rings (SSSR count). The zero-order valence-electron chi connectivity index (χ0n) is 11.2. The van der Waals surface area contributed by atoms with Gasteiger partial charge in [-0.25, -0.2) is 13.6 Å². The van der Waals surface area contributed by atoms with Gasteiger partial charge in [0.05, 0.1) is 22.7 Å². The standard InChI is InChI=1S/C14H13ClN2O3S/c1-20-14-7-2-10(8-13(14)15)9-17-11-3-5-12(6-4-11)21(16,18)19/h2-9H,1H3,(H2,16,18,19)/b17-9+. The van der Waals surface area contributed by atoms with Crippen LogP contribution in [0.25, 0.3) is 0 Å². The van der Waals surface area contributed by atoms with Crippen LogP contribution in [0.3, 0.4) is 0 Å². The SMILES string of the molecule is COc1ccc(/C=N/c2ccc(S(N)(=O)=O)cc2)cc1Cl. The van der Waals surface area contributed by atoms with E-state index < -0.39 is 10.0 Å². The van der Waals surface area contributed by atoms with E-state index in [0.29, 0.717) is 16.5 Å². The molecule has 0 atom stereocenters. The zero-order chi connectivity index (χ0) is 15.5. The first-order chi connectivity index (χ1) is 9.90. The van der Waals surface area contributed by atoms with Crippen LogP contribution in [-0.2, 0) is 10.0 Å². The number of sulfonamides is 1. The third-order valence-corrected chi connectivity index (χ3v) is 3.93. The van der Waals surface area contributed by atoms with Gasteiger partial charge in [-0.1, -0.05) is 11.6 Å². The second-order valence-corrected chi connectivity index (χ2v) is 6.16. The van der Waals surface area contributed by atoms with Crippen molar-refractivity contribution in [1.82, 2.24) is 0 Å². The molecule has 0 heterocycles. The molecule has 0 fully saturated rings. The Labute approximate surface area is 128 Å². The average molecular weight is 325 g/mol. The smallest absolute Gasteiger partial charge is 0.238 e. The Morgan fingerprint density at radius 3 is 2.38 bits per heavy atom. The number of hydrogen-bond donors (Lipinski definition) is 1. The fraction of sp³-hybridized carbons (Fsp3) is 0.0714. The van der Waals surface area contributed by atoms with Crippen molar-refractivity contribution in [2.24, 2.45) is 10.1 Å². The number of ether oxygens (including phenoxy) is 1. The topological polar surface area (TPSA) is 81.8 Å². The summed E-state index contributed by atoms with van der Waals surface area (Å²) in [6.07, 6.45) is 1.62. The summed E-state index contributed by atoms with van der Waals surface area (Å²) in [4.78, 5) is 4.29. The molecule has 0 aliphatic heterocycles. The van der Waals surface area contributed by atoms with Gasteiger partial charge in [-0.3, -0.25) is 4.99 Å². The number of benzene rings is 2. The van der Waals surface area contributed by atoms with E-state index in [1.807, 2.05) is 6.07 Å². The van der Waals surface area contributed by atoms with Gasteiger partial charge in [-0.05, 0) is 48.0 Å². The van der Waals surface area contributed by atoms with E-state index in [0.717, 1.165) is 5.56 Å². The van der Waals surface area contributed by atoms with E-state index in [9.17, 15) is 8.42 Å². The molecule has 0 aliphatic carbocycles. The molecular weight excluding hydrogens is 312 g/mol. The molecule has 0 spiro atoms. The molecular formula is C14H13ClN2O3S. The first-order valence-corrected chi connectivity index (χ1v) is 7.83. The highest BCUT2D eigenvalue weighted by atomic mass is 35.5. The Morgan fingerprint density at radius 1 is 1.19 bits per heavy atom. The van der Waals surface area contributed by atoms with Gasteiger partial charge in [0.25, 0.3) is 0 Å². The first kappa shape index (κ1) is 15.5. The third-order valence-electron chi connectivity index (χ3n) is 2.70. The van der Waals surface area contributed by atoms with Gasteiger partial charge < -0.3 is 4.74 Å². The summed E-state index contributed by atoms with van der Waals surface area (Å²) < 4.78 is 27.3. The van der Waals surface area contributed by atoms with Crippen LogP contribution in [0.5, 0.6) is 5.75 Å². The van der Waals surface area contributed by atoms with Crippen LogP contribution in [0.1, 0.15) is 5.56 Å². The zero-order valence-corrected chi connectivity index (χ0v) is 12.7. The number of aliphatic imine (C=N–C) groups is 1. The van der Waals surface area contributed by atoms with Crippen molar-refractivity contribution >= 4 is 33.5 Å². The normalized spacial score (nSPS) is 11.8. The van der Waals surface area contributed by atoms with Crippen LogP contribution in [-0.4, -0.2) is 21.7 Å². The maximum atomic E-state index is 11.1. The number of rotatable bonds is 4. The monoisotopic (exact) mass is 324 g/mol. The number of nitrogens with two attached hydrogens (primary N) is 1. The first-order valence-electron chi connectivity index (χ1n) is 5.90. The third kappa shape index (κ3) is 4.04. The van der Waals surface area contributed by atoms with Gasteiger partial charge in [0.1, 0.15) is 5.75 Å². The van der Waals surface area contributed by atoms with E-state index in [2.05, 4.69) is 4.99 Å². The van der Waals surface area contributed by atoms with Crippen molar-refractivity contribution in [2.75, 3.05) is 7.11 Å². The Balaban J connectivity index is 2.19. The van der Waals surface area contributed by atoms with Gasteiger partial charge in [-0.2, -0.15) is 0 Å². The number of nitrogens with zero attached hydrogens (tertiary/aromatic N) is 1. The molecule has 2 aromatic carbocycles. The molecule has 7 heteroatoms. The van der Waals surface area contributed by atoms with Gasteiger partial charge in [0.15, 0.2) is 0 Å². The quantitative estimate of drug-likeness (QED) is 0.878. The Kier molecular flexibility index (Phi) is 4.62. The lowest BCUT2D eigenvalue weighted by molar-refractivity contribution is 0.415. The molecule has 0 unspecified atom stereocenters. The maximum Gasteiger partial charge on any atom is 0.238 e. The molecule has 0 aliphatic rings. The molecule has 0 bridgehead atoms. The lowest BCUT2D eigenvalue weighted by Crippen LogP contribution is -2.11. The predicted molar refractivity (Wildman–Crippen MR) is 83.1 cm³/mol. The summed E-state index contributed by atoms with van der Waals surface area (Å²) in [5.74, 6) is 0.589. The minimum atomic E-state index is -3.68. The number of methoxy groups -OCH3 is 1. The van der Waals surface area contributed by atoms with Crippen molar-refractivity contribution in [3.05, 3.63) is 53.1 Å². The Hall–Kier alpha value is -1.89. The van der Waals surface area contributed by atoms with E-state index in [1.54, 1.807) is 37.6 Å². The second-order valence-electron chi connectivity index (χ2n) is 4.19. The molecule has 21 heavy (non-hydrogen) atoms. The van der Waals surface area contributed by atoms with Crippen LogP contribution in [0.15, 0.2) is 52.4 Å². The van der Waals surface area contributed by atoms with Gasteiger partial charge in [0, 0.05) is 6.21 Å². The van der Waals surface area contributed by atoms with E-state index in [1.165, 1.54) is 12.1 Å². The lowest BCUT2D eigenvalue weighted by atomic mass is 10.2. The van der Waals surface area contributed by atoms with Crippen molar-refractivity contribution in [3.8, 4) is 5.75 Å². The Bertz CT molecular complexity index is 771. The van der Waals surface area contributed by atoms with Crippen molar-refractivity contribution in [2.45, 2.75) is 4.90 Å². The highest BCUT2D eigenvalue weighted by Crippen LogP contribution is 2.24. The minimum Gasteiger partial charge on any atom is -0.495 e. The number of halogens is 1. The highest BCUT2D eigenvalue weighted by Gasteiger charge is 2.06. The van der Waals surface area contributed by atoms with E-state index >= 15 is 0 Å². The molecule has 2 N–H and O–H groups in total. The van der Waals surface area contributed by atoms with E-state index in [-0.39, 0.29) is 4.90 Å². The number of hydrogen-bond acceptors (Lipinski definition) is 4.